The Morgan fingerprint density at radius 2 is 2.00 bits per heavy atom. The standard InChI is InChI=1S/C22H23N5O2S/c1-14-18(22(29)26-16-7-4-3-5-8-16)12-23-21(24-14)19-9-6-10-27(19)20(28)11-17-13-30-15(2)25-17/h3-5,7-8,12-13,19H,6,9-11H2,1-2H3,(H,26,29)/t19-/m1/s1. The summed E-state index contributed by atoms with van der Waals surface area (Å²) in [7, 11) is 0. The van der Waals surface area contributed by atoms with E-state index >= 15 is 0 Å². The first-order chi connectivity index (χ1) is 14.5. The van der Waals surface area contributed by atoms with Crippen LogP contribution in [0.25, 0.3) is 0 Å². The van der Waals surface area contributed by atoms with Crippen molar-refractivity contribution < 1.29 is 9.59 Å². The summed E-state index contributed by atoms with van der Waals surface area (Å²) in [5.74, 6) is 0.377. The third-order valence-electron chi connectivity index (χ3n) is 5.14. The van der Waals surface area contributed by atoms with Gasteiger partial charge in [0, 0.05) is 23.8 Å². The Morgan fingerprint density at radius 1 is 1.20 bits per heavy atom. The van der Waals surface area contributed by atoms with E-state index in [1.165, 1.54) is 0 Å². The number of likely N-dealkylation sites (tertiary alicyclic amines) is 1. The van der Waals surface area contributed by atoms with Gasteiger partial charge in [0.2, 0.25) is 5.91 Å². The Morgan fingerprint density at radius 3 is 2.70 bits per heavy atom. The maximum Gasteiger partial charge on any atom is 0.259 e. The van der Waals surface area contributed by atoms with E-state index in [4.69, 9.17) is 0 Å². The maximum atomic E-state index is 12.8. The first-order valence-electron chi connectivity index (χ1n) is 9.91. The van der Waals surface area contributed by atoms with Crippen molar-refractivity contribution in [3.8, 4) is 0 Å². The molecule has 1 aromatic carbocycles. The molecule has 30 heavy (non-hydrogen) atoms. The van der Waals surface area contributed by atoms with Gasteiger partial charge in [0.05, 0.1) is 34.4 Å². The smallest absolute Gasteiger partial charge is 0.259 e. The fourth-order valence-corrected chi connectivity index (χ4v) is 4.28. The first kappa shape index (κ1) is 20.2. The summed E-state index contributed by atoms with van der Waals surface area (Å²) in [6, 6.07) is 9.11. The van der Waals surface area contributed by atoms with Gasteiger partial charge in [-0.05, 0) is 38.8 Å². The van der Waals surface area contributed by atoms with Crippen molar-refractivity contribution in [1.82, 2.24) is 19.9 Å². The second-order valence-electron chi connectivity index (χ2n) is 7.33. The number of aromatic nitrogens is 3. The number of hydrogen-bond acceptors (Lipinski definition) is 6. The van der Waals surface area contributed by atoms with E-state index in [0.29, 0.717) is 23.6 Å². The molecule has 3 heterocycles. The van der Waals surface area contributed by atoms with Crippen LogP contribution in [0.2, 0.25) is 0 Å². The van der Waals surface area contributed by atoms with Crippen LogP contribution < -0.4 is 5.32 Å². The molecular formula is C22H23N5O2S. The lowest BCUT2D eigenvalue weighted by molar-refractivity contribution is -0.131. The van der Waals surface area contributed by atoms with Crippen LogP contribution in [-0.2, 0) is 11.2 Å². The number of hydrogen-bond donors (Lipinski definition) is 1. The Bertz CT molecular complexity index is 1070. The van der Waals surface area contributed by atoms with Crippen molar-refractivity contribution in [2.75, 3.05) is 11.9 Å². The molecule has 0 bridgehead atoms. The zero-order chi connectivity index (χ0) is 21.1. The number of carbonyl (C=O) groups excluding carboxylic acids is 2. The van der Waals surface area contributed by atoms with Gasteiger partial charge in [0.15, 0.2) is 5.82 Å². The number of amides is 2. The molecular weight excluding hydrogens is 398 g/mol. The lowest BCUT2D eigenvalue weighted by Gasteiger charge is -2.23. The third-order valence-corrected chi connectivity index (χ3v) is 5.97. The van der Waals surface area contributed by atoms with E-state index in [-0.39, 0.29) is 24.3 Å². The Hall–Kier alpha value is -3.13. The monoisotopic (exact) mass is 421 g/mol. The van der Waals surface area contributed by atoms with Crippen LogP contribution in [0, 0.1) is 13.8 Å². The average molecular weight is 422 g/mol. The molecule has 0 radical (unpaired) electrons. The van der Waals surface area contributed by atoms with E-state index in [1.54, 1.807) is 24.5 Å². The van der Waals surface area contributed by atoms with Crippen LogP contribution in [0.1, 0.15) is 51.5 Å². The molecule has 1 aliphatic rings. The number of rotatable bonds is 5. The number of carbonyl (C=O) groups is 2. The van der Waals surface area contributed by atoms with Gasteiger partial charge in [-0.2, -0.15) is 0 Å². The van der Waals surface area contributed by atoms with Gasteiger partial charge in [-0.25, -0.2) is 15.0 Å². The van der Waals surface area contributed by atoms with Gasteiger partial charge in [-0.3, -0.25) is 9.59 Å². The van der Waals surface area contributed by atoms with Gasteiger partial charge in [-0.1, -0.05) is 18.2 Å². The van der Waals surface area contributed by atoms with Gasteiger partial charge in [-0.15, -0.1) is 11.3 Å². The summed E-state index contributed by atoms with van der Waals surface area (Å²) in [4.78, 5) is 40.7. The third kappa shape index (κ3) is 4.38. The topological polar surface area (TPSA) is 88.1 Å². The molecule has 4 rings (SSSR count). The van der Waals surface area contributed by atoms with Crippen LogP contribution in [-0.4, -0.2) is 38.2 Å². The predicted octanol–water partition coefficient (Wildman–Crippen LogP) is 3.71. The minimum Gasteiger partial charge on any atom is -0.332 e. The Kier molecular flexibility index (Phi) is 5.85. The number of benzene rings is 1. The van der Waals surface area contributed by atoms with E-state index in [9.17, 15) is 9.59 Å². The summed E-state index contributed by atoms with van der Waals surface area (Å²) >= 11 is 1.55. The average Bonchev–Trinajstić information content (AvgIpc) is 3.37. The molecule has 1 saturated heterocycles. The molecule has 0 unspecified atom stereocenters. The number of thiazole rings is 1. The van der Waals surface area contributed by atoms with Crippen LogP contribution in [0.15, 0.2) is 41.9 Å². The van der Waals surface area contributed by atoms with Crippen molar-refractivity contribution in [2.24, 2.45) is 0 Å². The Labute approximate surface area is 179 Å². The van der Waals surface area contributed by atoms with E-state index < -0.39 is 0 Å². The second kappa shape index (κ2) is 8.71. The minimum absolute atomic E-state index is 0.0370. The largest absolute Gasteiger partial charge is 0.332 e. The molecule has 0 aliphatic carbocycles. The highest BCUT2D eigenvalue weighted by molar-refractivity contribution is 7.09. The zero-order valence-corrected chi connectivity index (χ0v) is 17.8. The van der Waals surface area contributed by atoms with Crippen LogP contribution in [0.5, 0.6) is 0 Å². The SMILES string of the molecule is Cc1nc(CC(=O)N2CCC[C@@H]2c2ncc(C(=O)Nc3ccccc3)c(C)n2)cs1. The number of para-hydroxylation sites is 1. The van der Waals surface area contributed by atoms with Gasteiger partial charge in [0.1, 0.15) is 0 Å². The molecule has 7 nitrogen and oxygen atoms in total. The normalized spacial score (nSPS) is 15.9. The molecule has 0 spiro atoms. The molecule has 8 heteroatoms. The van der Waals surface area contributed by atoms with Crippen molar-refractivity contribution in [2.45, 2.75) is 39.2 Å². The van der Waals surface area contributed by atoms with Gasteiger partial charge < -0.3 is 10.2 Å². The van der Waals surface area contributed by atoms with Crippen molar-refractivity contribution >= 4 is 28.8 Å². The summed E-state index contributed by atoms with van der Waals surface area (Å²) in [5.41, 5.74) is 2.55. The van der Waals surface area contributed by atoms with Crippen LogP contribution in [0.3, 0.4) is 0 Å². The van der Waals surface area contributed by atoms with E-state index in [1.807, 2.05) is 47.5 Å². The van der Waals surface area contributed by atoms with Crippen LogP contribution in [0.4, 0.5) is 5.69 Å². The highest BCUT2D eigenvalue weighted by Gasteiger charge is 2.32. The zero-order valence-electron chi connectivity index (χ0n) is 17.0. The molecule has 3 aromatic rings. The summed E-state index contributed by atoms with van der Waals surface area (Å²) in [5, 5.41) is 5.74. The predicted molar refractivity (Wildman–Crippen MR) is 115 cm³/mol. The maximum absolute atomic E-state index is 12.8. The van der Waals surface area contributed by atoms with Crippen molar-refractivity contribution in [3.63, 3.8) is 0 Å². The number of nitrogens with zero attached hydrogens (tertiary/aromatic N) is 4. The summed E-state index contributed by atoms with van der Waals surface area (Å²) in [6.07, 6.45) is 3.57. The van der Waals surface area contributed by atoms with E-state index in [0.717, 1.165) is 29.2 Å². The highest BCUT2D eigenvalue weighted by atomic mass is 32.1. The summed E-state index contributed by atoms with van der Waals surface area (Å²) in [6.45, 7) is 4.42. The number of anilines is 1. The Balaban J connectivity index is 1.48. The molecule has 1 aliphatic heterocycles. The second-order valence-corrected chi connectivity index (χ2v) is 8.39. The van der Waals surface area contributed by atoms with Crippen LogP contribution >= 0.6 is 11.3 Å². The van der Waals surface area contributed by atoms with Gasteiger partial charge >= 0.3 is 0 Å². The van der Waals surface area contributed by atoms with Crippen molar-refractivity contribution in [1.29, 1.82) is 0 Å². The van der Waals surface area contributed by atoms with Gasteiger partial charge in [0.25, 0.3) is 5.91 Å². The molecule has 154 valence electrons. The molecule has 2 aromatic heterocycles. The quantitative estimate of drug-likeness (QED) is 0.678. The highest BCUT2D eigenvalue weighted by Crippen LogP contribution is 2.31. The molecule has 0 saturated carbocycles. The lowest BCUT2D eigenvalue weighted by Crippen LogP contribution is -2.33. The minimum atomic E-state index is -0.247. The fourth-order valence-electron chi connectivity index (χ4n) is 3.67. The van der Waals surface area contributed by atoms with Crippen molar-refractivity contribution in [3.05, 3.63) is 69.7 Å². The lowest BCUT2D eigenvalue weighted by atomic mass is 10.1. The number of aryl methyl sites for hydroxylation is 2. The van der Waals surface area contributed by atoms with E-state index in [2.05, 4.69) is 20.3 Å². The summed E-state index contributed by atoms with van der Waals surface area (Å²) < 4.78 is 0. The fraction of sp³-hybridized carbons (Fsp3) is 0.318. The first-order valence-corrected chi connectivity index (χ1v) is 10.8. The molecule has 1 atom stereocenters. The number of nitrogens with one attached hydrogen (secondary N) is 1. The molecule has 1 N–H and O–H groups in total. The molecule has 2 amide bonds. The molecule has 1 fully saturated rings.